The van der Waals surface area contributed by atoms with Crippen molar-refractivity contribution in [2.75, 3.05) is 11.9 Å². The van der Waals surface area contributed by atoms with Gasteiger partial charge in [0.2, 0.25) is 0 Å². The van der Waals surface area contributed by atoms with Gasteiger partial charge in [-0.15, -0.1) is 0 Å². The van der Waals surface area contributed by atoms with Crippen LogP contribution in [-0.2, 0) is 14.3 Å². The van der Waals surface area contributed by atoms with E-state index in [-0.39, 0.29) is 16.4 Å². The standard InChI is InChI=1S/C17H12ClFN2O5/c18-14-6-5-13(9-15(14)21(24)25)20-16(22)10-26-17(23)7-4-11-2-1-3-12(19)8-11/h1-9H,10H2,(H,20,22)/b7-4+. The molecule has 0 aromatic heterocycles. The molecule has 1 N–H and O–H groups in total. The first-order chi connectivity index (χ1) is 12.3. The summed E-state index contributed by atoms with van der Waals surface area (Å²) in [5, 5.41) is 13.1. The van der Waals surface area contributed by atoms with Gasteiger partial charge in [0, 0.05) is 17.8 Å². The summed E-state index contributed by atoms with van der Waals surface area (Å²) in [7, 11) is 0. The molecular weight excluding hydrogens is 367 g/mol. The number of ether oxygens (including phenoxy) is 1. The molecule has 7 nitrogen and oxygen atoms in total. The second-order valence-corrected chi connectivity index (χ2v) is 5.37. The summed E-state index contributed by atoms with van der Waals surface area (Å²) in [4.78, 5) is 33.4. The summed E-state index contributed by atoms with van der Waals surface area (Å²) >= 11 is 5.67. The largest absolute Gasteiger partial charge is 0.452 e. The molecule has 0 aliphatic carbocycles. The highest BCUT2D eigenvalue weighted by Gasteiger charge is 2.14. The first kappa shape index (κ1) is 19.1. The second-order valence-electron chi connectivity index (χ2n) is 4.97. The lowest BCUT2D eigenvalue weighted by molar-refractivity contribution is -0.384. The zero-order chi connectivity index (χ0) is 19.1. The topological polar surface area (TPSA) is 98.5 Å². The minimum atomic E-state index is -0.800. The van der Waals surface area contributed by atoms with E-state index in [1.54, 1.807) is 6.07 Å². The van der Waals surface area contributed by atoms with Crippen LogP contribution in [0.2, 0.25) is 5.02 Å². The molecule has 9 heteroatoms. The number of hydrogen-bond donors (Lipinski definition) is 1. The maximum Gasteiger partial charge on any atom is 0.331 e. The van der Waals surface area contributed by atoms with Crippen molar-refractivity contribution in [1.29, 1.82) is 0 Å². The third kappa shape index (κ3) is 5.67. The van der Waals surface area contributed by atoms with E-state index in [0.717, 1.165) is 12.1 Å². The molecule has 134 valence electrons. The van der Waals surface area contributed by atoms with E-state index >= 15 is 0 Å². The number of nitro benzene ring substituents is 1. The van der Waals surface area contributed by atoms with Gasteiger partial charge < -0.3 is 10.1 Å². The molecule has 0 unspecified atom stereocenters. The Labute approximate surface area is 152 Å². The molecule has 0 spiro atoms. The van der Waals surface area contributed by atoms with E-state index in [4.69, 9.17) is 16.3 Å². The number of benzene rings is 2. The zero-order valence-corrected chi connectivity index (χ0v) is 13.9. The van der Waals surface area contributed by atoms with E-state index in [2.05, 4.69) is 5.32 Å². The predicted molar refractivity (Wildman–Crippen MR) is 93.1 cm³/mol. The van der Waals surface area contributed by atoms with E-state index in [1.807, 2.05) is 0 Å². The Balaban J connectivity index is 1.87. The SMILES string of the molecule is O=C(COC(=O)/C=C/c1cccc(F)c1)Nc1ccc(Cl)c([N+](=O)[O-])c1. The molecule has 0 radical (unpaired) electrons. The number of halogens is 2. The fourth-order valence-corrected chi connectivity index (χ4v) is 2.07. The first-order valence-electron chi connectivity index (χ1n) is 7.19. The summed E-state index contributed by atoms with van der Waals surface area (Å²) in [6.45, 7) is -0.594. The fraction of sp³-hybridized carbons (Fsp3) is 0.0588. The number of nitro groups is 1. The molecule has 2 aromatic carbocycles. The van der Waals surface area contributed by atoms with Gasteiger partial charge in [0.15, 0.2) is 6.61 Å². The molecule has 0 fully saturated rings. The molecule has 0 aliphatic heterocycles. The summed E-state index contributed by atoms with van der Waals surface area (Å²) < 4.78 is 17.7. The number of carbonyl (C=O) groups excluding carboxylic acids is 2. The van der Waals surface area contributed by atoms with Crippen molar-refractivity contribution in [1.82, 2.24) is 0 Å². The molecule has 2 rings (SSSR count). The number of nitrogens with zero attached hydrogens (tertiary/aromatic N) is 1. The number of hydrogen-bond acceptors (Lipinski definition) is 5. The monoisotopic (exact) mass is 378 g/mol. The summed E-state index contributed by atoms with van der Waals surface area (Å²) in [6, 6.07) is 9.30. The predicted octanol–water partition coefficient (Wildman–Crippen LogP) is 3.58. The zero-order valence-electron chi connectivity index (χ0n) is 13.1. The van der Waals surface area contributed by atoms with Gasteiger partial charge in [0.25, 0.3) is 11.6 Å². The molecule has 0 heterocycles. The van der Waals surface area contributed by atoms with Crippen LogP contribution in [0.1, 0.15) is 5.56 Å². The molecule has 0 saturated carbocycles. The lowest BCUT2D eigenvalue weighted by atomic mass is 10.2. The van der Waals surface area contributed by atoms with Gasteiger partial charge in [0.05, 0.1) is 4.92 Å². The summed E-state index contributed by atoms with van der Waals surface area (Å²) in [5.74, 6) is -1.93. The lowest BCUT2D eigenvalue weighted by Crippen LogP contribution is -2.20. The number of amides is 1. The van der Waals surface area contributed by atoms with E-state index in [0.29, 0.717) is 5.56 Å². The highest BCUT2D eigenvalue weighted by Crippen LogP contribution is 2.27. The van der Waals surface area contributed by atoms with Gasteiger partial charge in [-0.1, -0.05) is 23.7 Å². The number of nitrogens with one attached hydrogen (secondary N) is 1. The Morgan fingerprint density at radius 3 is 2.73 bits per heavy atom. The summed E-state index contributed by atoms with van der Waals surface area (Å²) in [6.07, 6.45) is 2.39. The molecule has 0 saturated heterocycles. The number of anilines is 1. The molecular formula is C17H12ClFN2O5. The number of carbonyl (C=O) groups is 2. The van der Waals surface area contributed by atoms with Crippen LogP contribution in [0.25, 0.3) is 6.08 Å². The Morgan fingerprint density at radius 2 is 2.04 bits per heavy atom. The third-order valence-corrected chi connectivity index (χ3v) is 3.35. The molecule has 0 bridgehead atoms. The maximum absolute atomic E-state index is 13.0. The molecule has 0 atom stereocenters. The molecule has 26 heavy (non-hydrogen) atoms. The van der Waals surface area contributed by atoms with Crippen LogP contribution >= 0.6 is 11.6 Å². The van der Waals surface area contributed by atoms with E-state index in [1.165, 1.54) is 36.4 Å². The Bertz CT molecular complexity index is 885. The highest BCUT2D eigenvalue weighted by atomic mass is 35.5. The van der Waals surface area contributed by atoms with E-state index < -0.39 is 29.2 Å². The maximum atomic E-state index is 13.0. The van der Waals surface area contributed by atoms with Gasteiger partial charge in [-0.3, -0.25) is 14.9 Å². The van der Waals surface area contributed by atoms with Crippen LogP contribution in [0.4, 0.5) is 15.8 Å². The van der Waals surface area contributed by atoms with Gasteiger partial charge in [0.1, 0.15) is 10.8 Å². The van der Waals surface area contributed by atoms with Crippen molar-refractivity contribution in [3.8, 4) is 0 Å². The van der Waals surface area contributed by atoms with Crippen molar-refractivity contribution >= 4 is 40.9 Å². The normalized spacial score (nSPS) is 10.5. The van der Waals surface area contributed by atoms with Crippen LogP contribution in [0.15, 0.2) is 48.5 Å². The minimum Gasteiger partial charge on any atom is -0.452 e. The van der Waals surface area contributed by atoms with Crippen LogP contribution in [0.3, 0.4) is 0 Å². The lowest BCUT2D eigenvalue weighted by Gasteiger charge is -2.06. The smallest absolute Gasteiger partial charge is 0.331 e. The third-order valence-electron chi connectivity index (χ3n) is 3.03. The van der Waals surface area contributed by atoms with Gasteiger partial charge in [-0.05, 0) is 35.9 Å². The van der Waals surface area contributed by atoms with Gasteiger partial charge >= 0.3 is 5.97 Å². The van der Waals surface area contributed by atoms with Crippen LogP contribution in [-0.4, -0.2) is 23.4 Å². The van der Waals surface area contributed by atoms with Crippen molar-refractivity contribution in [2.24, 2.45) is 0 Å². The van der Waals surface area contributed by atoms with Crippen molar-refractivity contribution in [3.63, 3.8) is 0 Å². The number of rotatable bonds is 6. The van der Waals surface area contributed by atoms with Crippen LogP contribution in [0.5, 0.6) is 0 Å². The molecule has 0 aliphatic rings. The quantitative estimate of drug-likeness (QED) is 0.358. The minimum absolute atomic E-state index is 0.0677. The van der Waals surface area contributed by atoms with Crippen LogP contribution in [0, 0.1) is 15.9 Å². The first-order valence-corrected chi connectivity index (χ1v) is 7.57. The average Bonchev–Trinajstić information content (AvgIpc) is 2.59. The fourth-order valence-electron chi connectivity index (χ4n) is 1.89. The van der Waals surface area contributed by atoms with Gasteiger partial charge in [-0.2, -0.15) is 0 Å². The van der Waals surface area contributed by atoms with Crippen LogP contribution < -0.4 is 5.32 Å². The number of esters is 1. The second kappa shape index (κ2) is 8.72. The van der Waals surface area contributed by atoms with Crippen molar-refractivity contribution in [2.45, 2.75) is 0 Å². The Kier molecular flexibility index (Phi) is 6.40. The molecule has 1 amide bonds. The highest BCUT2D eigenvalue weighted by molar-refractivity contribution is 6.32. The Hall–Kier alpha value is -3.26. The van der Waals surface area contributed by atoms with Crippen molar-refractivity contribution < 1.29 is 23.6 Å². The van der Waals surface area contributed by atoms with E-state index in [9.17, 15) is 24.1 Å². The average molecular weight is 379 g/mol. The van der Waals surface area contributed by atoms with Crippen molar-refractivity contribution in [3.05, 3.63) is 75.1 Å². The summed E-state index contributed by atoms with van der Waals surface area (Å²) in [5.41, 5.74) is 0.233. The van der Waals surface area contributed by atoms with Gasteiger partial charge in [-0.25, -0.2) is 9.18 Å². The Morgan fingerprint density at radius 1 is 1.27 bits per heavy atom. The molecule has 2 aromatic rings.